The fourth-order valence-corrected chi connectivity index (χ4v) is 2.07. The van der Waals surface area contributed by atoms with E-state index >= 15 is 0 Å². The van der Waals surface area contributed by atoms with E-state index < -0.39 is 0 Å². The average molecular weight is 206 g/mol. The maximum atomic E-state index is 8.80. The van der Waals surface area contributed by atoms with Crippen LogP contribution in [0.25, 0.3) is 0 Å². The van der Waals surface area contributed by atoms with Crippen molar-refractivity contribution in [2.75, 3.05) is 5.73 Å². The molecule has 0 radical (unpaired) electrons. The smallest absolute Gasteiger partial charge is 0.101 e. The molecule has 74 valence electrons. The van der Waals surface area contributed by atoms with Crippen LogP contribution >= 0.6 is 11.8 Å². The maximum absolute atomic E-state index is 8.80. The summed E-state index contributed by atoms with van der Waals surface area (Å²) in [4.78, 5) is 1.09. The van der Waals surface area contributed by atoms with Crippen LogP contribution in [0.5, 0.6) is 0 Å². The molecule has 0 amide bonds. The van der Waals surface area contributed by atoms with Crippen molar-refractivity contribution >= 4 is 17.4 Å². The van der Waals surface area contributed by atoms with Gasteiger partial charge in [0.1, 0.15) is 6.07 Å². The first-order valence-electron chi connectivity index (χ1n) is 4.41. The number of thioether (sulfide) groups is 1. The highest BCUT2D eigenvalue weighted by Gasteiger charge is 2.12. The largest absolute Gasteiger partial charge is 0.398 e. The number of nitrogen functional groups attached to an aromatic ring is 1. The molecule has 0 aliphatic rings. The molecule has 0 saturated carbocycles. The molecule has 0 atom stereocenters. The van der Waals surface area contributed by atoms with E-state index in [0.29, 0.717) is 11.3 Å². The lowest BCUT2D eigenvalue weighted by atomic mass is 10.2. The van der Waals surface area contributed by atoms with Crippen molar-refractivity contribution in [3.05, 3.63) is 23.8 Å². The SMILES string of the molecule is CC(C)(C)Sc1ccc(N)c(C#N)c1. The van der Waals surface area contributed by atoms with Crippen molar-refractivity contribution in [1.29, 1.82) is 5.26 Å². The molecular weight excluding hydrogens is 192 g/mol. The summed E-state index contributed by atoms with van der Waals surface area (Å²) in [7, 11) is 0. The third kappa shape index (κ3) is 2.97. The molecule has 1 aromatic rings. The molecule has 0 heterocycles. The van der Waals surface area contributed by atoms with Crippen molar-refractivity contribution in [1.82, 2.24) is 0 Å². The number of hydrogen-bond acceptors (Lipinski definition) is 3. The van der Waals surface area contributed by atoms with Crippen LogP contribution in [0.4, 0.5) is 5.69 Å². The first-order chi connectivity index (χ1) is 6.42. The zero-order chi connectivity index (χ0) is 10.8. The minimum atomic E-state index is 0.156. The Morgan fingerprint density at radius 1 is 1.36 bits per heavy atom. The highest BCUT2D eigenvalue weighted by atomic mass is 32.2. The Morgan fingerprint density at radius 3 is 2.50 bits per heavy atom. The molecule has 0 bridgehead atoms. The molecule has 2 N–H and O–H groups in total. The number of nitrogens with two attached hydrogens (primary N) is 1. The third-order valence-corrected chi connectivity index (χ3v) is 2.67. The molecular formula is C11H14N2S. The van der Waals surface area contributed by atoms with E-state index in [9.17, 15) is 0 Å². The zero-order valence-electron chi connectivity index (χ0n) is 8.66. The van der Waals surface area contributed by atoms with Gasteiger partial charge in [0.05, 0.1) is 5.56 Å². The van der Waals surface area contributed by atoms with E-state index in [1.54, 1.807) is 17.8 Å². The fourth-order valence-electron chi connectivity index (χ4n) is 1.05. The van der Waals surface area contributed by atoms with Crippen LogP contribution in [-0.2, 0) is 0 Å². The molecule has 3 heteroatoms. The second kappa shape index (κ2) is 3.93. The summed E-state index contributed by atoms with van der Waals surface area (Å²) in [6.45, 7) is 6.42. The van der Waals surface area contributed by atoms with Crippen LogP contribution in [-0.4, -0.2) is 4.75 Å². The van der Waals surface area contributed by atoms with Gasteiger partial charge in [-0.3, -0.25) is 0 Å². The number of hydrogen-bond donors (Lipinski definition) is 1. The lowest BCUT2D eigenvalue weighted by molar-refractivity contribution is 0.803. The molecule has 0 aliphatic heterocycles. The van der Waals surface area contributed by atoms with E-state index in [2.05, 4.69) is 26.8 Å². The molecule has 0 spiro atoms. The van der Waals surface area contributed by atoms with Gasteiger partial charge in [0.15, 0.2) is 0 Å². The molecule has 0 aliphatic carbocycles. The lowest BCUT2D eigenvalue weighted by Gasteiger charge is -2.17. The van der Waals surface area contributed by atoms with Gasteiger partial charge < -0.3 is 5.73 Å². The third-order valence-electron chi connectivity index (χ3n) is 1.57. The van der Waals surface area contributed by atoms with Gasteiger partial charge in [-0.25, -0.2) is 0 Å². The molecule has 1 aromatic carbocycles. The first-order valence-corrected chi connectivity index (χ1v) is 5.23. The molecule has 2 nitrogen and oxygen atoms in total. The fraction of sp³-hybridized carbons (Fsp3) is 0.364. The predicted octanol–water partition coefficient (Wildman–Crippen LogP) is 3.03. The van der Waals surface area contributed by atoms with Gasteiger partial charge in [0.25, 0.3) is 0 Å². The van der Waals surface area contributed by atoms with Crippen molar-refractivity contribution < 1.29 is 0 Å². The number of rotatable bonds is 1. The van der Waals surface area contributed by atoms with Crippen molar-refractivity contribution in [2.24, 2.45) is 0 Å². The van der Waals surface area contributed by atoms with Gasteiger partial charge in [-0.2, -0.15) is 5.26 Å². The number of nitriles is 1. The van der Waals surface area contributed by atoms with Gasteiger partial charge in [-0.15, -0.1) is 11.8 Å². The van der Waals surface area contributed by atoms with Crippen molar-refractivity contribution in [3.63, 3.8) is 0 Å². The van der Waals surface area contributed by atoms with Crippen LogP contribution in [0.15, 0.2) is 23.1 Å². The Labute approximate surface area is 89.1 Å². The van der Waals surface area contributed by atoms with E-state index in [4.69, 9.17) is 11.0 Å². The summed E-state index contributed by atoms with van der Waals surface area (Å²) < 4.78 is 0.156. The second-order valence-corrected chi connectivity index (χ2v) is 5.98. The Hall–Kier alpha value is -1.14. The zero-order valence-corrected chi connectivity index (χ0v) is 9.48. The van der Waals surface area contributed by atoms with E-state index in [1.165, 1.54) is 0 Å². The molecule has 0 aromatic heterocycles. The highest BCUT2D eigenvalue weighted by Crippen LogP contribution is 2.33. The van der Waals surface area contributed by atoms with E-state index in [1.807, 2.05) is 12.1 Å². The summed E-state index contributed by atoms with van der Waals surface area (Å²) in [6, 6.07) is 7.66. The Kier molecular flexibility index (Phi) is 3.07. The summed E-state index contributed by atoms with van der Waals surface area (Å²) in [5, 5.41) is 8.80. The molecule has 0 saturated heterocycles. The Morgan fingerprint density at radius 2 is 2.00 bits per heavy atom. The topological polar surface area (TPSA) is 49.8 Å². The minimum absolute atomic E-state index is 0.156. The molecule has 14 heavy (non-hydrogen) atoms. The van der Waals surface area contributed by atoms with Crippen LogP contribution in [0.1, 0.15) is 26.3 Å². The Balaban J connectivity index is 2.97. The van der Waals surface area contributed by atoms with Gasteiger partial charge in [0.2, 0.25) is 0 Å². The standard InChI is InChI=1S/C11H14N2S/c1-11(2,3)14-9-4-5-10(13)8(6-9)7-12/h4-6H,13H2,1-3H3. The van der Waals surface area contributed by atoms with Crippen LogP contribution in [0.2, 0.25) is 0 Å². The average Bonchev–Trinajstić information content (AvgIpc) is 2.06. The van der Waals surface area contributed by atoms with Gasteiger partial charge >= 0.3 is 0 Å². The molecule has 0 fully saturated rings. The van der Waals surface area contributed by atoms with Crippen LogP contribution < -0.4 is 5.73 Å². The predicted molar refractivity (Wildman–Crippen MR) is 61.2 cm³/mol. The summed E-state index contributed by atoms with van der Waals surface area (Å²) in [5.74, 6) is 0. The van der Waals surface area contributed by atoms with Gasteiger partial charge in [0, 0.05) is 15.3 Å². The second-order valence-electron chi connectivity index (χ2n) is 4.08. The summed E-state index contributed by atoms with van der Waals surface area (Å²) >= 11 is 1.73. The van der Waals surface area contributed by atoms with Crippen molar-refractivity contribution in [2.45, 2.75) is 30.4 Å². The van der Waals surface area contributed by atoms with Crippen LogP contribution in [0, 0.1) is 11.3 Å². The maximum Gasteiger partial charge on any atom is 0.101 e. The number of benzene rings is 1. The monoisotopic (exact) mass is 206 g/mol. The first kappa shape index (κ1) is 10.9. The minimum Gasteiger partial charge on any atom is -0.398 e. The molecule has 1 rings (SSSR count). The van der Waals surface area contributed by atoms with Crippen molar-refractivity contribution in [3.8, 4) is 6.07 Å². The number of anilines is 1. The van der Waals surface area contributed by atoms with Crippen LogP contribution in [0.3, 0.4) is 0 Å². The molecule has 0 unspecified atom stereocenters. The Bertz CT molecular complexity index is 372. The van der Waals surface area contributed by atoms with E-state index in [0.717, 1.165) is 4.90 Å². The summed E-state index contributed by atoms with van der Waals surface area (Å²) in [5.41, 5.74) is 6.73. The van der Waals surface area contributed by atoms with E-state index in [-0.39, 0.29) is 4.75 Å². The number of nitrogens with zero attached hydrogens (tertiary/aromatic N) is 1. The quantitative estimate of drug-likeness (QED) is 0.567. The lowest BCUT2D eigenvalue weighted by Crippen LogP contribution is -2.06. The highest BCUT2D eigenvalue weighted by molar-refractivity contribution is 8.00. The summed E-state index contributed by atoms with van der Waals surface area (Å²) in [6.07, 6.45) is 0. The normalized spacial score (nSPS) is 11.0. The van der Waals surface area contributed by atoms with Gasteiger partial charge in [-0.05, 0) is 18.2 Å². The van der Waals surface area contributed by atoms with Gasteiger partial charge in [-0.1, -0.05) is 20.8 Å².